The number of likely N-dealkylation sites (tertiary alicyclic amines) is 2. The van der Waals surface area contributed by atoms with Gasteiger partial charge in [0, 0.05) is 55.8 Å². The van der Waals surface area contributed by atoms with Crippen LogP contribution >= 0.6 is 34.8 Å². The molecule has 8 N–H and O–H groups in total. The van der Waals surface area contributed by atoms with Gasteiger partial charge in [-0.25, -0.2) is 37.7 Å². The van der Waals surface area contributed by atoms with Gasteiger partial charge in [-0.1, -0.05) is 18.2 Å². The van der Waals surface area contributed by atoms with Crippen molar-refractivity contribution in [1.82, 2.24) is 45.0 Å². The third kappa shape index (κ3) is 27.9. The molecule has 0 aliphatic carbocycles. The molecule has 3 fully saturated rings. The third-order valence-corrected chi connectivity index (χ3v) is 16.0. The Labute approximate surface area is 642 Å². The van der Waals surface area contributed by atoms with Crippen LogP contribution in [0.4, 0.5) is 68.8 Å². The molecule has 9 aromatic rings. The molecule has 0 saturated carbocycles. The van der Waals surface area contributed by atoms with Gasteiger partial charge < -0.3 is 85.3 Å². The summed E-state index contributed by atoms with van der Waals surface area (Å²) in [6, 6.07) is 39.9. The monoisotopic (exact) mass is 1550 g/mol. The van der Waals surface area contributed by atoms with E-state index in [1.807, 2.05) is 65.8 Å². The Hall–Kier alpha value is -10.7. The van der Waals surface area contributed by atoms with Gasteiger partial charge in [0.2, 0.25) is 34.8 Å². The summed E-state index contributed by atoms with van der Waals surface area (Å²) in [6.07, 6.45) is 10.1. The number of halogens is 6. The molecule has 0 spiro atoms. The Morgan fingerprint density at radius 2 is 0.880 bits per heavy atom. The summed E-state index contributed by atoms with van der Waals surface area (Å²) in [5.41, 5.74) is 7.49. The van der Waals surface area contributed by atoms with E-state index in [1.165, 1.54) is 42.8 Å². The summed E-state index contributed by atoms with van der Waals surface area (Å²) in [4.78, 5) is 54.6. The lowest BCUT2D eigenvalue weighted by atomic mass is 10.2. The van der Waals surface area contributed by atoms with Crippen LogP contribution in [-0.2, 0) is 9.47 Å². The number of carbonyl (C=O) groups excluding carboxylic acids is 2. The molecule has 12 rings (SSSR count). The summed E-state index contributed by atoms with van der Waals surface area (Å²) in [5, 5.41) is 19.7. The van der Waals surface area contributed by atoms with E-state index in [1.54, 1.807) is 135 Å². The fraction of sp³-hybridized carbons (Fsp3) is 0.351. The Bertz CT molecular complexity index is 4270. The van der Waals surface area contributed by atoms with Crippen LogP contribution in [0.15, 0.2) is 164 Å². The fourth-order valence-electron chi connectivity index (χ4n) is 10.8. The van der Waals surface area contributed by atoms with Crippen LogP contribution in [0.3, 0.4) is 0 Å². The van der Waals surface area contributed by atoms with Gasteiger partial charge in [-0.05, 0) is 226 Å². The molecule has 0 unspecified atom stereocenters. The molecule has 6 aromatic carbocycles. The van der Waals surface area contributed by atoms with E-state index in [4.69, 9.17) is 78.4 Å². The van der Waals surface area contributed by atoms with Gasteiger partial charge in [0.25, 0.3) is 0 Å². The second-order valence-corrected chi connectivity index (χ2v) is 27.5. The van der Waals surface area contributed by atoms with E-state index in [0.29, 0.717) is 107 Å². The minimum Gasteiger partial charge on any atom is -0.497 e. The zero-order valence-corrected chi connectivity index (χ0v) is 63.8. The lowest BCUT2D eigenvalue weighted by molar-refractivity contribution is 0.0224. The molecule has 3 atom stereocenters. The lowest BCUT2D eigenvalue weighted by Crippen LogP contribution is -2.42. The zero-order chi connectivity index (χ0) is 77.6. The first-order valence-electron chi connectivity index (χ1n) is 34.7. The largest absolute Gasteiger partial charge is 0.497 e. The van der Waals surface area contributed by atoms with Crippen molar-refractivity contribution in [3.8, 4) is 52.1 Å². The number of nitrogens with two attached hydrogens (primary N) is 1. The second kappa shape index (κ2) is 41.4. The highest BCUT2D eigenvalue weighted by molar-refractivity contribution is 6.40. The van der Waals surface area contributed by atoms with Crippen molar-refractivity contribution >= 4 is 93.0 Å². The number of rotatable bonds is 22. The van der Waals surface area contributed by atoms with Crippen molar-refractivity contribution in [3.63, 3.8) is 0 Å². The smallest absolute Gasteiger partial charge is 0.410 e. The number of anilines is 8. The number of methoxy groups -OCH3 is 3. The normalized spacial score (nSPS) is 14.9. The molecule has 3 aliphatic heterocycles. The number of nitrogens with zero attached hydrogens (tertiary/aromatic N) is 8. The first-order valence-corrected chi connectivity index (χ1v) is 36.1. The SMILES string of the molecule is COc1ccc(Oc2nc(Cl)ncc2NC[C@@H]2CCCN2C(=O)OC(C)(C)C)cc1.COc1ccc(Oc2nc(Nc3cccc(F)c3)ncc2NC[C@@H]2CCCN2)cc1.COc1ccc(Oc2nc(Nc3cccc(F)c3)ncc2NC[C@@H]2CCCN2C(=O)OC(C)(C)C)cc1.ClCCl.Nc1cccc(F)c1. The van der Waals surface area contributed by atoms with Crippen molar-refractivity contribution in [2.45, 2.75) is 109 Å². The number of alkyl halides is 2. The van der Waals surface area contributed by atoms with Crippen molar-refractivity contribution in [2.75, 3.05) is 98.3 Å². The molecule has 25 nitrogen and oxygen atoms in total. The molecule has 576 valence electrons. The van der Waals surface area contributed by atoms with E-state index in [-0.39, 0.29) is 64.2 Å². The van der Waals surface area contributed by atoms with Crippen molar-refractivity contribution in [3.05, 3.63) is 187 Å². The molecule has 3 saturated heterocycles. The van der Waals surface area contributed by atoms with Crippen LogP contribution in [0, 0.1) is 17.5 Å². The van der Waals surface area contributed by atoms with Crippen LogP contribution < -0.4 is 66.1 Å². The van der Waals surface area contributed by atoms with E-state index in [0.717, 1.165) is 56.7 Å². The number of nitrogen functional groups attached to an aromatic ring is 1. The average Bonchev–Trinajstić information content (AvgIpc) is 1.26. The highest BCUT2D eigenvalue weighted by Crippen LogP contribution is 2.35. The Morgan fingerprint density at radius 1 is 0.509 bits per heavy atom. The van der Waals surface area contributed by atoms with E-state index in [2.05, 4.69) is 61.8 Å². The third-order valence-electron chi connectivity index (χ3n) is 15.8. The standard InChI is InChI=1S/C27H32FN5O4.C22H24FN5O2.C21H27ClN4O4.C6H6FN.CH2Cl2/c1-27(2,3)37-26(34)33-14-6-9-20(33)16-29-23-17-30-25(31-19-8-5-7-18(28)15-19)32-24(23)36-22-12-10-21(35-4)11-13-22;1-29-18-7-9-19(10-8-18)30-21-20(25-13-17-6-3-11-24-17)14-26-22(28-21)27-16-5-2-4-15(23)12-16;1-21(2,3)30-20(27)26-11-5-6-14(26)12-23-17-13-24-19(22)25-18(17)29-16-9-7-15(28-4)8-10-16;7-5-2-1-3-6(8)4-5;2-1-3/h5,7-8,10-13,15,17,20,29H,6,9,14,16H2,1-4H3,(H,30,31,32);2,4-5,7-10,12,14,17,24-25H,3,6,11,13H2,1H3,(H,26,27,28);7-10,13-14,23H,5-6,11-12H2,1-4H3;1-4H,8H2;1H2/t20-;17-;14-;;/m000../s1. The van der Waals surface area contributed by atoms with Crippen molar-refractivity contribution in [1.29, 1.82) is 0 Å². The van der Waals surface area contributed by atoms with Crippen molar-refractivity contribution in [2.24, 2.45) is 0 Å². The predicted octanol–water partition coefficient (Wildman–Crippen LogP) is 17.9. The number of nitrogens with one attached hydrogen (secondary N) is 6. The molecule has 3 aromatic heterocycles. The van der Waals surface area contributed by atoms with Gasteiger partial charge >= 0.3 is 12.2 Å². The van der Waals surface area contributed by atoms with E-state index >= 15 is 0 Å². The highest BCUT2D eigenvalue weighted by Gasteiger charge is 2.34. The predicted molar refractivity (Wildman–Crippen MR) is 415 cm³/mol. The van der Waals surface area contributed by atoms with E-state index in [9.17, 15) is 22.8 Å². The van der Waals surface area contributed by atoms with Crippen LogP contribution in [0.2, 0.25) is 5.28 Å². The van der Waals surface area contributed by atoms with Crippen molar-refractivity contribution < 1.29 is 60.7 Å². The summed E-state index contributed by atoms with van der Waals surface area (Å²) in [6.45, 7) is 15.2. The molecule has 3 aliphatic rings. The van der Waals surface area contributed by atoms with Crippen LogP contribution in [0.1, 0.15) is 80.1 Å². The maximum absolute atomic E-state index is 13.6. The van der Waals surface area contributed by atoms with Gasteiger partial charge in [-0.2, -0.15) is 15.0 Å². The quantitative estimate of drug-likeness (QED) is 0.0188. The summed E-state index contributed by atoms with van der Waals surface area (Å²) >= 11 is 15.5. The zero-order valence-electron chi connectivity index (χ0n) is 61.5. The van der Waals surface area contributed by atoms with Gasteiger partial charge in [0.15, 0.2) is 0 Å². The molecule has 0 radical (unpaired) electrons. The number of benzene rings is 6. The molecule has 6 heterocycles. The summed E-state index contributed by atoms with van der Waals surface area (Å²) < 4.78 is 83.8. The topological polar surface area (TPSA) is 290 Å². The van der Waals surface area contributed by atoms with Gasteiger partial charge in [0.1, 0.15) is 80.2 Å². The van der Waals surface area contributed by atoms with E-state index < -0.39 is 11.2 Å². The molecule has 31 heteroatoms. The molecular formula is C77H91Cl3F3N15O10. The number of hydrogen-bond acceptors (Lipinski definition) is 23. The second-order valence-electron chi connectivity index (χ2n) is 26.3. The van der Waals surface area contributed by atoms with Crippen LogP contribution in [0.5, 0.6) is 52.1 Å². The van der Waals surface area contributed by atoms with Gasteiger partial charge in [-0.3, -0.25) is 0 Å². The summed E-state index contributed by atoms with van der Waals surface area (Å²) in [5.74, 6) is 4.46. The molecule has 2 amide bonds. The minimum absolute atomic E-state index is 0.00404. The molecule has 0 bridgehead atoms. The van der Waals surface area contributed by atoms with Gasteiger partial charge in [-0.15, -0.1) is 23.2 Å². The Morgan fingerprint density at radius 3 is 1.23 bits per heavy atom. The number of carbonyl (C=O) groups is 2. The number of hydrogen-bond donors (Lipinski definition) is 7. The van der Waals surface area contributed by atoms with Crippen LogP contribution in [-0.4, -0.2) is 147 Å². The first kappa shape index (κ1) is 83.0. The maximum Gasteiger partial charge on any atom is 0.410 e. The number of amides is 2. The maximum atomic E-state index is 13.6. The Balaban J connectivity index is 0.000000191. The molecule has 108 heavy (non-hydrogen) atoms. The average molecular weight is 1550 g/mol. The number of aromatic nitrogens is 6. The Kier molecular flexibility index (Phi) is 31.8. The fourth-order valence-corrected chi connectivity index (χ4v) is 10.9. The molecular weight excluding hydrogens is 1460 g/mol. The van der Waals surface area contributed by atoms with Crippen LogP contribution in [0.25, 0.3) is 0 Å². The van der Waals surface area contributed by atoms with Gasteiger partial charge in [0.05, 0.1) is 57.3 Å². The first-order chi connectivity index (χ1) is 51.8. The summed E-state index contributed by atoms with van der Waals surface area (Å²) in [7, 11) is 4.81. The number of ether oxygens (including phenoxy) is 8. The lowest BCUT2D eigenvalue weighted by Gasteiger charge is -2.29. The minimum atomic E-state index is -0.560. The highest BCUT2D eigenvalue weighted by atomic mass is 35.5.